The molecule has 0 unspecified atom stereocenters. The lowest BCUT2D eigenvalue weighted by molar-refractivity contribution is 0.0937. The van der Waals surface area contributed by atoms with Crippen LogP contribution in [0.3, 0.4) is 0 Å². The fourth-order valence-electron chi connectivity index (χ4n) is 2.40. The van der Waals surface area contributed by atoms with Gasteiger partial charge in [0.1, 0.15) is 11.4 Å². The number of rotatable bonds is 5. The maximum absolute atomic E-state index is 13.7. The van der Waals surface area contributed by atoms with Gasteiger partial charge in [-0.1, -0.05) is 37.2 Å². The molecule has 0 aliphatic carbocycles. The van der Waals surface area contributed by atoms with Gasteiger partial charge in [0.15, 0.2) is 5.76 Å². The smallest absolute Gasteiger partial charge is 0.257 e. The third kappa shape index (κ3) is 3.53. The summed E-state index contributed by atoms with van der Waals surface area (Å²) < 4.78 is 18.9. The Morgan fingerprint density at radius 2 is 2.00 bits per heavy atom. The van der Waals surface area contributed by atoms with Crippen LogP contribution in [-0.4, -0.2) is 17.1 Å². The third-order valence-corrected chi connectivity index (χ3v) is 3.50. The molecule has 0 aliphatic rings. The Bertz CT molecular complexity index is 664. The first-order valence-corrected chi connectivity index (χ1v) is 7.40. The molecule has 4 nitrogen and oxygen atoms in total. The highest BCUT2D eigenvalue weighted by atomic mass is 19.1. The van der Waals surface area contributed by atoms with Gasteiger partial charge in [0.2, 0.25) is 0 Å². The molecular formula is C17H21FN2O2. The van der Waals surface area contributed by atoms with Crippen LogP contribution in [0.15, 0.2) is 28.8 Å². The summed E-state index contributed by atoms with van der Waals surface area (Å²) in [6.45, 7) is 7.48. The van der Waals surface area contributed by atoms with Gasteiger partial charge in [0.05, 0.1) is 5.69 Å². The van der Waals surface area contributed by atoms with E-state index < -0.39 is 0 Å². The van der Waals surface area contributed by atoms with Crippen molar-refractivity contribution < 1.29 is 13.7 Å². The van der Waals surface area contributed by atoms with Gasteiger partial charge >= 0.3 is 0 Å². The Kier molecular flexibility index (Phi) is 4.96. The molecule has 0 fully saturated rings. The van der Waals surface area contributed by atoms with Crippen molar-refractivity contribution in [1.82, 2.24) is 10.5 Å². The van der Waals surface area contributed by atoms with Crippen molar-refractivity contribution in [1.29, 1.82) is 0 Å². The Morgan fingerprint density at radius 3 is 2.64 bits per heavy atom. The fourth-order valence-corrected chi connectivity index (χ4v) is 2.40. The Balaban J connectivity index is 2.09. The number of amides is 1. The van der Waals surface area contributed by atoms with Gasteiger partial charge in [-0.05, 0) is 31.9 Å². The molecule has 0 saturated heterocycles. The van der Waals surface area contributed by atoms with Crippen LogP contribution in [0, 0.1) is 12.7 Å². The number of hydrogen-bond donors (Lipinski definition) is 1. The lowest BCUT2D eigenvalue weighted by Gasteiger charge is -2.15. The fraction of sp³-hybridized carbons (Fsp3) is 0.412. The SMILES string of the molecule is Cc1noc(C(C)C)c1C(=O)N[C@@H](C)Cc1ccccc1F. The van der Waals surface area contributed by atoms with Crippen LogP contribution in [0.25, 0.3) is 0 Å². The summed E-state index contributed by atoms with van der Waals surface area (Å²) in [5.74, 6) is 0.163. The average molecular weight is 304 g/mol. The molecule has 2 aromatic rings. The van der Waals surface area contributed by atoms with Crippen molar-refractivity contribution in [3.8, 4) is 0 Å². The van der Waals surface area contributed by atoms with E-state index in [0.29, 0.717) is 29.0 Å². The van der Waals surface area contributed by atoms with Crippen LogP contribution in [0.2, 0.25) is 0 Å². The van der Waals surface area contributed by atoms with E-state index in [9.17, 15) is 9.18 Å². The van der Waals surface area contributed by atoms with Crippen LogP contribution in [0.5, 0.6) is 0 Å². The Hall–Kier alpha value is -2.17. The zero-order valence-electron chi connectivity index (χ0n) is 13.3. The zero-order valence-corrected chi connectivity index (χ0v) is 13.3. The predicted octanol–water partition coefficient (Wildman–Crippen LogP) is 3.61. The topological polar surface area (TPSA) is 55.1 Å². The van der Waals surface area contributed by atoms with Crippen LogP contribution < -0.4 is 5.32 Å². The molecule has 0 aliphatic heterocycles. The second-order valence-electron chi connectivity index (χ2n) is 5.83. The summed E-state index contributed by atoms with van der Waals surface area (Å²) in [7, 11) is 0. The number of carbonyl (C=O) groups excluding carboxylic acids is 1. The summed E-state index contributed by atoms with van der Waals surface area (Å²) in [5, 5.41) is 6.76. The number of hydrogen-bond acceptors (Lipinski definition) is 3. The molecule has 2 rings (SSSR count). The second-order valence-corrected chi connectivity index (χ2v) is 5.83. The molecule has 0 radical (unpaired) electrons. The third-order valence-electron chi connectivity index (χ3n) is 3.50. The second kappa shape index (κ2) is 6.73. The van der Waals surface area contributed by atoms with Crippen molar-refractivity contribution in [2.45, 2.75) is 46.1 Å². The van der Waals surface area contributed by atoms with Gasteiger partial charge in [-0.15, -0.1) is 0 Å². The number of halogens is 1. The van der Waals surface area contributed by atoms with Gasteiger partial charge in [-0.25, -0.2) is 4.39 Å². The van der Waals surface area contributed by atoms with Crippen LogP contribution in [-0.2, 0) is 6.42 Å². The highest BCUT2D eigenvalue weighted by molar-refractivity contribution is 5.96. The van der Waals surface area contributed by atoms with Crippen molar-refractivity contribution >= 4 is 5.91 Å². The number of benzene rings is 1. The monoisotopic (exact) mass is 304 g/mol. The van der Waals surface area contributed by atoms with E-state index in [1.807, 2.05) is 20.8 Å². The molecule has 1 aromatic heterocycles. The van der Waals surface area contributed by atoms with E-state index in [-0.39, 0.29) is 23.7 Å². The molecule has 1 aromatic carbocycles. The van der Waals surface area contributed by atoms with Gasteiger partial charge < -0.3 is 9.84 Å². The van der Waals surface area contributed by atoms with Crippen molar-refractivity contribution in [3.05, 3.63) is 52.7 Å². The average Bonchev–Trinajstić information content (AvgIpc) is 2.83. The van der Waals surface area contributed by atoms with Crippen molar-refractivity contribution in [2.24, 2.45) is 0 Å². The molecule has 0 saturated carbocycles. The van der Waals surface area contributed by atoms with E-state index in [4.69, 9.17) is 4.52 Å². The quantitative estimate of drug-likeness (QED) is 0.918. The number of nitrogens with one attached hydrogen (secondary N) is 1. The maximum Gasteiger partial charge on any atom is 0.257 e. The Morgan fingerprint density at radius 1 is 1.32 bits per heavy atom. The van der Waals surface area contributed by atoms with Crippen LogP contribution in [0.1, 0.15) is 54.1 Å². The highest BCUT2D eigenvalue weighted by Crippen LogP contribution is 2.22. The number of aromatic nitrogens is 1. The number of aryl methyl sites for hydroxylation is 1. The number of nitrogens with zero attached hydrogens (tertiary/aromatic N) is 1. The van der Waals surface area contributed by atoms with Crippen LogP contribution >= 0.6 is 0 Å². The van der Waals surface area contributed by atoms with Gasteiger partial charge in [-0.3, -0.25) is 4.79 Å². The summed E-state index contributed by atoms with van der Waals surface area (Å²) in [4.78, 5) is 12.4. The minimum Gasteiger partial charge on any atom is -0.360 e. The largest absolute Gasteiger partial charge is 0.360 e. The minimum atomic E-state index is -0.257. The molecule has 22 heavy (non-hydrogen) atoms. The lowest BCUT2D eigenvalue weighted by atomic mass is 10.0. The highest BCUT2D eigenvalue weighted by Gasteiger charge is 2.23. The minimum absolute atomic E-state index is 0.0730. The predicted molar refractivity (Wildman–Crippen MR) is 82.4 cm³/mol. The van der Waals surface area contributed by atoms with Gasteiger partial charge in [-0.2, -0.15) is 0 Å². The van der Waals surface area contributed by atoms with Gasteiger partial charge in [0, 0.05) is 12.0 Å². The summed E-state index contributed by atoms with van der Waals surface area (Å²) in [6.07, 6.45) is 0.430. The summed E-state index contributed by atoms with van der Waals surface area (Å²) in [5.41, 5.74) is 1.64. The van der Waals surface area contributed by atoms with E-state index in [1.165, 1.54) is 6.07 Å². The first-order valence-electron chi connectivity index (χ1n) is 7.40. The Labute approximate surface area is 129 Å². The first-order chi connectivity index (χ1) is 10.4. The molecule has 1 heterocycles. The molecule has 1 N–H and O–H groups in total. The summed E-state index contributed by atoms with van der Waals surface area (Å²) in [6, 6.07) is 6.39. The molecule has 1 amide bonds. The van der Waals surface area contributed by atoms with Crippen molar-refractivity contribution in [3.63, 3.8) is 0 Å². The van der Waals surface area contributed by atoms with Gasteiger partial charge in [0.25, 0.3) is 5.91 Å². The van der Waals surface area contributed by atoms with E-state index >= 15 is 0 Å². The molecule has 5 heteroatoms. The number of carbonyl (C=O) groups is 1. The molecule has 1 atom stereocenters. The molecule has 0 bridgehead atoms. The molecule has 0 spiro atoms. The first kappa shape index (κ1) is 16.2. The van der Waals surface area contributed by atoms with E-state index in [1.54, 1.807) is 25.1 Å². The standard InChI is InChI=1S/C17H21FN2O2/c1-10(2)16-15(12(4)20-22-16)17(21)19-11(3)9-13-7-5-6-8-14(13)18/h5-8,10-11H,9H2,1-4H3,(H,19,21)/t11-/m0/s1. The maximum atomic E-state index is 13.7. The normalized spacial score (nSPS) is 12.5. The lowest BCUT2D eigenvalue weighted by Crippen LogP contribution is -2.35. The molecular weight excluding hydrogens is 283 g/mol. The van der Waals surface area contributed by atoms with E-state index in [0.717, 1.165) is 0 Å². The molecule has 118 valence electrons. The van der Waals surface area contributed by atoms with Crippen LogP contribution in [0.4, 0.5) is 4.39 Å². The summed E-state index contributed by atoms with van der Waals surface area (Å²) >= 11 is 0. The zero-order chi connectivity index (χ0) is 16.3. The van der Waals surface area contributed by atoms with E-state index in [2.05, 4.69) is 10.5 Å². The van der Waals surface area contributed by atoms with Crippen molar-refractivity contribution in [2.75, 3.05) is 0 Å².